The van der Waals surface area contributed by atoms with Gasteiger partial charge in [0, 0.05) is 25.6 Å². The predicted octanol–water partition coefficient (Wildman–Crippen LogP) is 3.28. The number of rotatable bonds is 5. The Hall–Kier alpha value is -2.15. The lowest BCUT2D eigenvalue weighted by molar-refractivity contribution is 0.0667. The summed E-state index contributed by atoms with van der Waals surface area (Å²) in [5, 5.41) is 4.12. The van der Waals surface area contributed by atoms with Gasteiger partial charge in [-0.15, -0.1) is 11.3 Å². The van der Waals surface area contributed by atoms with Crippen LogP contribution in [0.5, 0.6) is 0 Å². The summed E-state index contributed by atoms with van der Waals surface area (Å²) in [7, 11) is 0. The first-order chi connectivity index (χ1) is 12.4. The van der Waals surface area contributed by atoms with Crippen LogP contribution in [-0.2, 0) is 6.42 Å². The number of nitrogens with one attached hydrogen (secondary N) is 1. The lowest BCUT2D eigenvalue weighted by atomic mass is 10.0. The molecule has 2 aromatic heterocycles. The van der Waals surface area contributed by atoms with E-state index in [-0.39, 0.29) is 17.9 Å². The maximum atomic E-state index is 12.6. The SMILES string of the molecule is Cc1nc(CC(C)C)sc1C(=O)NC1CCN(C(=O)c2ccco2)CC1. The average Bonchev–Trinajstić information content (AvgIpc) is 3.24. The molecule has 1 aliphatic rings. The number of carbonyl (C=O) groups excluding carboxylic acids is 2. The molecule has 0 saturated carbocycles. The molecule has 3 heterocycles. The zero-order chi connectivity index (χ0) is 18.7. The molecular formula is C19H25N3O3S. The van der Waals surface area contributed by atoms with Crippen molar-refractivity contribution in [1.29, 1.82) is 0 Å². The fourth-order valence-electron chi connectivity index (χ4n) is 3.13. The summed E-state index contributed by atoms with van der Waals surface area (Å²) in [6.45, 7) is 7.41. The van der Waals surface area contributed by atoms with E-state index in [4.69, 9.17) is 4.42 Å². The molecule has 1 N–H and O–H groups in total. The van der Waals surface area contributed by atoms with Crippen LogP contribution in [0.3, 0.4) is 0 Å². The second-order valence-corrected chi connectivity index (χ2v) is 8.22. The van der Waals surface area contributed by atoms with Gasteiger partial charge < -0.3 is 14.6 Å². The Labute approximate surface area is 157 Å². The number of carbonyl (C=O) groups is 2. The van der Waals surface area contributed by atoms with Crippen LogP contribution < -0.4 is 5.32 Å². The van der Waals surface area contributed by atoms with E-state index in [9.17, 15) is 9.59 Å². The number of thiazole rings is 1. The van der Waals surface area contributed by atoms with Crippen LogP contribution in [0.4, 0.5) is 0 Å². The van der Waals surface area contributed by atoms with Gasteiger partial charge in [-0.1, -0.05) is 13.8 Å². The van der Waals surface area contributed by atoms with Crippen molar-refractivity contribution in [3.8, 4) is 0 Å². The summed E-state index contributed by atoms with van der Waals surface area (Å²) in [6, 6.07) is 3.47. The molecule has 3 rings (SSSR count). The maximum Gasteiger partial charge on any atom is 0.289 e. The maximum absolute atomic E-state index is 12.6. The van der Waals surface area contributed by atoms with Gasteiger partial charge >= 0.3 is 0 Å². The van der Waals surface area contributed by atoms with Crippen molar-refractivity contribution < 1.29 is 14.0 Å². The minimum absolute atomic E-state index is 0.0502. The third-order valence-corrected chi connectivity index (χ3v) is 5.66. The van der Waals surface area contributed by atoms with Crippen LogP contribution in [0.15, 0.2) is 22.8 Å². The van der Waals surface area contributed by atoms with Gasteiger partial charge in [0.25, 0.3) is 11.8 Å². The fourth-order valence-corrected chi connectivity index (χ4v) is 4.31. The molecule has 0 aromatic carbocycles. The minimum Gasteiger partial charge on any atom is -0.459 e. The van der Waals surface area contributed by atoms with E-state index >= 15 is 0 Å². The molecule has 1 aliphatic heterocycles. The second kappa shape index (κ2) is 8.03. The first-order valence-electron chi connectivity index (χ1n) is 9.04. The number of aromatic nitrogens is 1. The van der Waals surface area contributed by atoms with Crippen molar-refractivity contribution in [2.75, 3.05) is 13.1 Å². The van der Waals surface area contributed by atoms with Crippen LogP contribution in [0.1, 0.15) is 57.6 Å². The Morgan fingerprint density at radius 2 is 2.12 bits per heavy atom. The Morgan fingerprint density at radius 1 is 1.38 bits per heavy atom. The fraction of sp³-hybridized carbons (Fsp3) is 0.526. The number of likely N-dealkylation sites (tertiary alicyclic amines) is 1. The van der Waals surface area contributed by atoms with Crippen molar-refractivity contribution in [1.82, 2.24) is 15.2 Å². The highest BCUT2D eigenvalue weighted by atomic mass is 32.1. The number of piperidine rings is 1. The number of furan rings is 1. The topological polar surface area (TPSA) is 75.4 Å². The molecule has 26 heavy (non-hydrogen) atoms. The molecule has 140 valence electrons. The van der Waals surface area contributed by atoms with E-state index in [1.807, 2.05) is 6.92 Å². The van der Waals surface area contributed by atoms with Gasteiger partial charge in [0.1, 0.15) is 4.88 Å². The summed E-state index contributed by atoms with van der Waals surface area (Å²) in [5.41, 5.74) is 0.800. The highest BCUT2D eigenvalue weighted by Crippen LogP contribution is 2.22. The van der Waals surface area contributed by atoms with Crippen molar-refractivity contribution in [3.05, 3.63) is 39.7 Å². The predicted molar refractivity (Wildman–Crippen MR) is 100 cm³/mol. The summed E-state index contributed by atoms with van der Waals surface area (Å²) in [4.78, 5) is 31.9. The van der Waals surface area contributed by atoms with Crippen molar-refractivity contribution in [3.63, 3.8) is 0 Å². The summed E-state index contributed by atoms with van der Waals surface area (Å²) in [6.07, 6.45) is 3.89. The molecule has 0 unspecified atom stereocenters. The molecule has 6 nitrogen and oxygen atoms in total. The molecule has 2 amide bonds. The van der Waals surface area contributed by atoms with Crippen LogP contribution in [0, 0.1) is 12.8 Å². The third-order valence-electron chi connectivity index (χ3n) is 4.48. The van der Waals surface area contributed by atoms with Crippen molar-refractivity contribution in [2.24, 2.45) is 5.92 Å². The Balaban J connectivity index is 1.53. The molecule has 7 heteroatoms. The number of nitrogens with zero attached hydrogens (tertiary/aromatic N) is 2. The van der Waals surface area contributed by atoms with E-state index in [2.05, 4.69) is 24.1 Å². The van der Waals surface area contributed by atoms with E-state index < -0.39 is 0 Å². The second-order valence-electron chi connectivity index (χ2n) is 7.14. The Bertz CT molecular complexity index is 759. The highest BCUT2D eigenvalue weighted by Gasteiger charge is 2.27. The van der Waals surface area contributed by atoms with Gasteiger partial charge in [-0.3, -0.25) is 9.59 Å². The van der Waals surface area contributed by atoms with Crippen LogP contribution >= 0.6 is 11.3 Å². The van der Waals surface area contributed by atoms with Crippen molar-refractivity contribution >= 4 is 23.2 Å². The molecule has 0 radical (unpaired) electrons. The Morgan fingerprint density at radius 3 is 2.73 bits per heavy atom. The zero-order valence-corrected chi connectivity index (χ0v) is 16.3. The normalized spacial score (nSPS) is 15.5. The number of hydrogen-bond donors (Lipinski definition) is 1. The van der Waals surface area contributed by atoms with Gasteiger partial charge in [-0.25, -0.2) is 4.98 Å². The molecule has 0 atom stereocenters. The van der Waals surface area contributed by atoms with Crippen LogP contribution in [0.25, 0.3) is 0 Å². The van der Waals surface area contributed by atoms with Crippen LogP contribution in [0.2, 0.25) is 0 Å². The quantitative estimate of drug-likeness (QED) is 0.870. The molecule has 0 aliphatic carbocycles. The lowest BCUT2D eigenvalue weighted by Crippen LogP contribution is -2.46. The first-order valence-corrected chi connectivity index (χ1v) is 9.85. The smallest absolute Gasteiger partial charge is 0.289 e. The summed E-state index contributed by atoms with van der Waals surface area (Å²) < 4.78 is 5.17. The van der Waals surface area contributed by atoms with E-state index in [0.29, 0.717) is 29.6 Å². The summed E-state index contributed by atoms with van der Waals surface area (Å²) in [5.74, 6) is 0.750. The monoisotopic (exact) mass is 375 g/mol. The molecule has 1 saturated heterocycles. The van der Waals surface area contributed by atoms with Gasteiger partial charge in [0.15, 0.2) is 5.76 Å². The van der Waals surface area contributed by atoms with Gasteiger partial charge in [0.05, 0.1) is 17.0 Å². The van der Waals surface area contributed by atoms with Gasteiger partial charge in [-0.2, -0.15) is 0 Å². The Kier molecular flexibility index (Phi) is 5.76. The van der Waals surface area contributed by atoms with Crippen LogP contribution in [-0.4, -0.2) is 40.8 Å². The largest absolute Gasteiger partial charge is 0.459 e. The van der Waals surface area contributed by atoms with E-state index in [1.165, 1.54) is 17.6 Å². The molecule has 1 fully saturated rings. The zero-order valence-electron chi connectivity index (χ0n) is 15.4. The molecule has 0 spiro atoms. The number of amides is 2. The van der Waals surface area contributed by atoms with E-state index in [0.717, 1.165) is 30.0 Å². The van der Waals surface area contributed by atoms with Gasteiger partial charge in [0.2, 0.25) is 0 Å². The summed E-state index contributed by atoms with van der Waals surface area (Å²) >= 11 is 1.49. The van der Waals surface area contributed by atoms with E-state index in [1.54, 1.807) is 17.0 Å². The molecular weight excluding hydrogens is 350 g/mol. The lowest BCUT2D eigenvalue weighted by Gasteiger charge is -2.31. The minimum atomic E-state index is -0.0867. The number of aryl methyl sites for hydroxylation is 1. The van der Waals surface area contributed by atoms with Gasteiger partial charge in [-0.05, 0) is 37.8 Å². The third kappa shape index (κ3) is 4.33. The first kappa shape index (κ1) is 18.6. The van der Waals surface area contributed by atoms with Crippen molar-refractivity contribution in [2.45, 2.75) is 46.1 Å². The average molecular weight is 375 g/mol. The molecule has 0 bridgehead atoms. The molecule has 2 aromatic rings. The number of hydrogen-bond acceptors (Lipinski definition) is 5. The standard InChI is InChI=1S/C19H25N3O3S/c1-12(2)11-16-20-13(3)17(26-16)18(23)21-14-6-8-22(9-7-14)19(24)15-5-4-10-25-15/h4-5,10,12,14H,6-9,11H2,1-3H3,(H,21,23). The highest BCUT2D eigenvalue weighted by molar-refractivity contribution is 7.13.